The molecule has 0 aliphatic carbocycles. The van der Waals surface area contributed by atoms with Crippen molar-refractivity contribution in [3.63, 3.8) is 0 Å². The average molecular weight is 513 g/mol. The Morgan fingerprint density at radius 3 is 2.26 bits per heavy atom. The second-order valence-corrected chi connectivity index (χ2v) is 8.29. The molecule has 3 aromatic carbocycles. The number of carbonyl (C=O) groups excluding carboxylic acids is 3. The summed E-state index contributed by atoms with van der Waals surface area (Å²) < 4.78 is 5.46. The van der Waals surface area contributed by atoms with Crippen molar-refractivity contribution in [2.75, 3.05) is 17.2 Å². The third kappa shape index (κ3) is 7.56. The predicted molar refractivity (Wildman–Crippen MR) is 137 cm³/mol. The van der Waals surface area contributed by atoms with E-state index in [0.29, 0.717) is 32.7 Å². The number of carbonyl (C=O) groups is 3. The summed E-state index contributed by atoms with van der Waals surface area (Å²) in [6, 6.07) is 16.9. The number of aryl methyl sites for hydroxylation is 2. The van der Waals surface area contributed by atoms with Gasteiger partial charge < -0.3 is 15.4 Å². The van der Waals surface area contributed by atoms with E-state index in [1.807, 2.05) is 32.0 Å². The quantitative estimate of drug-likeness (QED) is 0.241. The van der Waals surface area contributed by atoms with Crippen LogP contribution in [0.1, 0.15) is 16.7 Å². The van der Waals surface area contributed by atoms with Crippen LogP contribution >= 0.6 is 23.2 Å². The number of para-hydroxylation sites is 1. The molecule has 3 rings (SSSR count). The number of rotatable bonds is 7. The molecule has 0 spiro atoms. The molecule has 35 heavy (non-hydrogen) atoms. The third-order valence-corrected chi connectivity index (χ3v) is 5.31. The van der Waals surface area contributed by atoms with Crippen LogP contribution < -0.4 is 20.8 Å². The van der Waals surface area contributed by atoms with Crippen LogP contribution in [0, 0.1) is 13.8 Å². The van der Waals surface area contributed by atoms with Gasteiger partial charge in [0, 0.05) is 10.7 Å². The topological polar surface area (TPSA) is 109 Å². The molecule has 0 fully saturated rings. The number of nitrogens with zero attached hydrogens (tertiary/aromatic N) is 1. The lowest BCUT2D eigenvalue weighted by Gasteiger charge is -2.10. The van der Waals surface area contributed by atoms with Crippen molar-refractivity contribution >= 4 is 58.5 Å². The fourth-order valence-corrected chi connectivity index (χ4v) is 3.43. The number of anilines is 2. The highest BCUT2D eigenvalue weighted by atomic mass is 35.5. The minimum Gasteiger partial charge on any atom is -0.484 e. The highest BCUT2D eigenvalue weighted by molar-refractivity contribution is 6.39. The van der Waals surface area contributed by atoms with Gasteiger partial charge in [0.15, 0.2) is 6.61 Å². The maximum Gasteiger partial charge on any atom is 0.329 e. The van der Waals surface area contributed by atoms with Gasteiger partial charge >= 0.3 is 11.8 Å². The van der Waals surface area contributed by atoms with E-state index in [1.165, 1.54) is 12.3 Å². The van der Waals surface area contributed by atoms with Gasteiger partial charge in [-0.15, -0.1) is 0 Å². The van der Waals surface area contributed by atoms with Crippen molar-refractivity contribution < 1.29 is 19.1 Å². The van der Waals surface area contributed by atoms with Crippen LogP contribution in [0.4, 0.5) is 11.4 Å². The Morgan fingerprint density at radius 1 is 0.914 bits per heavy atom. The first-order chi connectivity index (χ1) is 16.7. The summed E-state index contributed by atoms with van der Waals surface area (Å²) in [6.45, 7) is 3.46. The Morgan fingerprint density at radius 2 is 1.60 bits per heavy atom. The summed E-state index contributed by atoms with van der Waals surface area (Å²) in [5.41, 5.74) is 5.56. The Hall–Kier alpha value is -3.88. The van der Waals surface area contributed by atoms with E-state index in [9.17, 15) is 14.4 Å². The molecule has 3 aromatic rings. The molecule has 0 saturated carbocycles. The van der Waals surface area contributed by atoms with Crippen molar-refractivity contribution in [1.29, 1.82) is 0 Å². The molecule has 0 aromatic heterocycles. The molecule has 0 aliphatic heterocycles. The number of hydrogen-bond donors (Lipinski definition) is 3. The van der Waals surface area contributed by atoms with Gasteiger partial charge in [0.1, 0.15) is 5.75 Å². The Kier molecular flexibility index (Phi) is 8.83. The molecule has 0 bridgehead atoms. The molecule has 8 nitrogen and oxygen atoms in total. The standard InChI is InChI=1S/C25H22Cl2N4O4/c1-15-4-3-5-16(2)23(15)30-24(33)25(34)31-28-13-17-6-9-19(10-7-17)35-14-22(32)29-21-11-8-18(26)12-20(21)27/h3-13H,14H2,1-2H3,(H,29,32)(H,30,33)(H,31,34)/b28-13-. The monoisotopic (exact) mass is 512 g/mol. The summed E-state index contributed by atoms with van der Waals surface area (Å²) in [7, 11) is 0. The lowest BCUT2D eigenvalue weighted by atomic mass is 10.1. The number of ether oxygens (including phenoxy) is 1. The lowest BCUT2D eigenvalue weighted by Crippen LogP contribution is -2.32. The summed E-state index contributed by atoms with van der Waals surface area (Å²) in [5, 5.41) is 9.82. The minimum atomic E-state index is -0.893. The van der Waals surface area contributed by atoms with Gasteiger partial charge in [0.25, 0.3) is 5.91 Å². The maximum absolute atomic E-state index is 12.1. The molecule has 3 N–H and O–H groups in total. The molecule has 3 amide bonds. The van der Waals surface area contributed by atoms with Crippen molar-refractivity contribution in [2.45, 2.75) is 13.8 Å². The second kappa shape index (κ2) is 12.0. The highest BCUT2D eigenvalue weighted by Gasteiger charge is 2.15. The minimum absolute atomic E-state index is 0.224. The van der Waals surface area contributed by atoms with E-state index < -0.39 is 11.8 Å². The number of hydrogen-bond acceptors (Lipinski definition) is 5. The van der Waals surface area contributed by atoms with Crippen LogP contribution in [-0.2, 0) is 14.4 Å². The summed E-state index contributed by atoms with van der Waals surface area (Å²) in [6.07, 6.45) is 1.38. The molecule has 0 unspecified atom stereocenters. The first-order valence-electron chi connectivity index (χ1n) is 10.4. The average Bonchev–Trinajstić information content (AvgIpc) is 2.82. The van der Waals surface area contributed by atoms with Gasteiger partial charge in [-0.2, -0.15) is 5.10 Å². The van der Waals surface area contributed by atoms with E-state index in [1.54, 1.807) is 36.4 Å². The molecule has 0 atom stereocenters. The molecule has 0 heterocycles. The number of nitrogens with one attached hydrogen (secondary N) is 3. The van der Waals surface area contributed by atoms with E-state index in [0.717, 1.165) is 11.1 Å². The fourth-order valence-electron chi connectivity index (χ4n) is 2.97. The van der Waals surface area contributed by atoms with Gasteiger partial charge in [0.2, 0.25) is 0 Å². The maximum atomic E-state index is 12.1. The fraction of sp³-hybridized carbons (Fsp3) is 0.120. The van der Waals surface area contributed by atoms with Crippen molar-refractivity contribution in [2.24, 2.45) is 5.10 Å². The van der Waals surface area contributed by atoms with Crippen molar-refractivity contribution in [1.82, 2.24) is 5.43 Å². The second-order valence-electron chi connectivity index (χ2n) is 7.45. The van der Waals surface area contributed by atoms with E-state index in [2.05, 4.69) is 21.2 Å². The number of halogens is 2. The largest absolute Gasteiger partial charge is 0.484 e. The van der Waals surface area contributed by atoms with Gasteiger partial charge in [-0.25, -0.2) is 5.43 Å². The van der Waals surface area contributed by atoms with Gasteiger partial charge in [0.05, 0.1) is 16.9 Å². The number of hydrazone groups is 1. The number of amides is 3. The molecule has 0 aliphatic rings. The lowest BCUT2D eigenvalue weighted by molar-refractivity contribution is -0.136. The van der Waals surface area contributed by atoms with Crippen LogP contribution in [0.5, 0.6) is 5.75 Å². The summed E-state index contributed by atoms with van der Waals surface area (Å²) in [4.78, 5) is 36.2. The summed E-state index contributed by atoms with van der Waals surface area (Å²) in [5.74, 6) is -1.64. The van der Waals surface area contributed by atoms with E-state index >= 15 is 0 Å². The SMILES string of the molecule is Cc1cccc(C)c1NC(=O)C(=O)N/N=C\c1ccc(OCC(=O)Nc2ccc(Cl)cc2Cl)cc1. The van der Waals surface area contributed by atoms with Gasteiger partial charge in [-0.3, -0.25) is 14.4 Å². The molecule has 0 radical (unpaired) electrons. The first-order valence-corrected chi connectivity index (χ1v) is 11.2. The Balaban J connectivity index is 1.46. The van der Waals surface area contributed by atoms with E-state index in [-0.39, 0.29) is 12.5 Å². The zero-order valence-corrected chi connectivity index (χ0v) is 20.4. The zero-order valence-electron chi connectivity index (χ0n) is 18.9. The van der Waals surface area contributed by atoms with Crippen LogP contribution in [0.25, 0.3) is 0 Å². The third-order valence-electron chi connectivity index (χ3n) is 4.76. The molecular weight excluding hydrogens is 491 g/mol. The van der Waals surface area contributed by atoms with Crippen molar-refractivity contribution in [3.05, 3.63) is 87.4 Å². The zero-order chi connectivity index (χ0) is 25.4. The Labute approximate surface area is 212 Å². The van der Waals surface area contributed by atoms with Gasteiger partial charge in [-0.05, 0) is 73.0 Å². The molecular formula is C25H22Cl2N4O4. The number of benzene rings is 3. The predicted octanol–water partition coefficient (Wildman–Crippen LogP) is 4.72. The molecule has 180 valence electrons. The smallest absolute Gasteiger partial charge is 0.329 e. The summed E-state index contributed by atoms with van der Waals surface area (Å²) >= 11 is 11.9. The normalized spacial score (nSPS) is 10.6. The molecule has 10 heteroatoms. The van der Waals surface area contributed by atoms with Crippen molar-refractivity contribution in [3.8, 4) is 5.75 Å². The van der Waals surface area contributed by atoms with Crippen LogP contribution in [0.15, 0.2) is 65.8 Å². The molecule has 0 saturated heterocycles. The first kappa shape index (κ1) is 25.7. The highest BCUT2D eigenvalue weighted by Crippen LogP contribution is 2.25. The van der Waals surface area contributed by atoms with Gasteiger partial charge in [-0.1, -0.05) is 41.4 Å². The van der Waals surface area contributed by atoms with Crippen LogP contribution in [0.2, 0.25) is 10.0 Å². The van der Waals surface area contributed by atoms with Crippen LogP contribution in [-0.4, -0.2) is 30.5 Å². The Bertz CT molecular complexity index is 1260. The van der Waals surface area contributed by atoms with Crippen LogP contribution in [0.3, 0.4) is 0 Å². The van der Waals surface area contributed by atoms with E-state index in [4.69, 9.17) is 27.9 Å².